The van der Waals surface area contributed by atoms with Gasteiger partial charge in [0.05, 0.1) is 28.9 Å². The Balaban J connectivity index is 1.77. The number of aromatic nitrogens is 1. The van der Waals surface area contributed by atoms with Gasteiger partial charge in [-0.15, -0.1) is 0 Å². The summed E-state index contributed by atoms with van der Waals surface area (Å²) in [5, 5.41) is 11.6. The summed E-state index contributed by atoms with van der Waals surface area (Å²) in [7, 11) is -2.27. The lowest BCUT2D eigenvalue weighted by Gasteiger charge is -2.14. The Morgan fingerprint density at radius 1 is 0.967 bits per heavy atom. The molecule has 1 aromatic heterocycles. The third-order valence-electron chi connectivity index (χ3n) is 5.27. The molecule has 4 aromatic rings. The van der Waals surface area contributed by atoms with E-state index in [1.54, 1.807) is 18.2 Å². The average Bonchev–Trinajstić information content (AvgIpc) is 3.00. The summed E-state index contributed by atoms with van der Waals surface area (Å²) in [6.45, 7) is 4.00. The van der Waals surface area contributed by atoms with E-state index in [9.17, 15) is 13.5 Å². The molecular weight excluding hydrogens is 400 g/mol. The summed E-state index contributed by atoms with van der Waals surface area (Å²) in [4.78, 5) is 0.122. The molecule has 154 valence electrons. The van der Waals surface area contributed by atoms with Gasteiger partial charge in [0.25, 0.3) is 10.0 Å². The van der Waals surface area contributed by atoms with Crippen molar-refractivity contribution in [2.24, 2.45) is 0 Å². The number of sulfonamides is 1. The highest BCUT2D eigenvalue weighted by Crippen LogP contribution is 2.34. The number of methoxy groups -OCH3 is 1. The van der Waals surface area contributed by atoms with Crippen molar-refractivity contribution in [3.05, 3.63) is 78.0 Å². The topological polar surface area (TPSA) is 80.6 Å². The molecule has 3 aromatic carbocycles. The van der Waals surface area contributed by atoms with Crippen molar-refractivity contribution in [3.63, 3.8) is 0 Å². The molecule has 0 spiro atoms. The maximum absolute atomic E-state index is 12.8. The van der Waals surface area contributed by atoms with Crippen LogP contribution in [0.15, 0.2) is 71.6 Å². The number of hydrogen-bond donors (Lipinski definition) is 2. The van der Waals surface area contributed by atoms with E-state index >= 15 is 0 Å². The molecule has 0 atom stereocenters. The number of aromatic hydroxyl groups is 1. The number of benzene rings is 3. The zero-order chi connectivity index (χ0) is 21.5. The molecule has 0 aliphatic rings. The van der Waals surface area contributed by atoms with Gasteiger partial charge in [-0.05, 0) is 67.9 Å². The molecule has 4 rings (SSSR count). The van der Waals surface area contributed by atoms with Crippen LogP contribution in [0.1, 0.15) is 11.3 Å². The standard InChI is InChI=1S/C23H22N2O4S/c1-15-16(2)25(21-7-5-4-6-20(15)21)22-14-17(8-13-23(22)26)24-30(27,28)19-11-9-18(29-3)10-12-19/h4-14,24,26H,1-3H3. The molecule has 0 amide bonds. The summed E-state index contributed by atoms with van der Waals surface area (Å²) in [6, 6.07) is 18.7. The molecule has 0 unspecified atom stereocenters. The predicted octanol–water partition coefficient (Wildman–Crippen LogP) is 4.76. The highest BCUT2D eigenvalue weighted by molar-refractivity contribution is 7.92. The van der Waals surface area contributed by atoms with E-state index in [1.165, 1.54) is 31.4 Å². The number of nitrogens with one attached hydrogen (secondary N) is 1. The van der Waals surface area contributed by atoms with Gasteiger partial charge in [0.2, 0.25) is 0 Å². The van der Waals surface area contributed by atoms with Crippen molar-refractivity contribution >= 4 is 26.6 Å². The molecule has 0 saturated carbocycles. The van der Waals surface area contributed by atoms with Crippen LogP contribution in [-0.4, -0.2) is 25.2 Å². The van der Waals surface area contributed by atoms with Gasteiger partial charge in [-0.2, -0.15) is 0 Å². The van der Waals surface area contributed by atoms with Crippen LogP contribution in [0.5, 0.6) is 11.5 Å². The van der Waals surface area contributed by atoms with E-state index < -0.39 is 10.0 Å². The summed E-state index contributed by atoms with van der Waals surface area (Å²) < 4.78 is 35.2. The number of aryl methyl sites for hydroxylation is 1. The minimum Gasteiger partial charge on any atom is -0.506 e. The lowest BCUT2D eigenvalue weighted by molar-refractivity contribution is 0.414. The molecule has 7 heteroatoms. The number of anilines is 1. The summed E-state index contributed by atoms with van der Waals surface area (Å²) in [6.07, 6.45) is 0. The fourth-order valence-electron chi connectivity index (χ4n) is 3.57. The van der Waals surface area contributed by atoms with Gasteiger partial charge in [-0.25, -0.2) is 8.42 Å². The molecule has 30 heavy (non-hydrogen) atoms. The average molecular weight is 423 g/mol. The van der Waals surface area contributed by atoms with Gasteiger partial charge in [0.15, 0.2) is 0 Å². The molecule has 6 nitrogen and oxygen atoms in total. The van der Waals surface area contributed by atoms with Crippen LogP contribution in [0.3, 0.4) is 0 Å². The Hall–Kier alpha value is -3.45. The second-order valence-corrected chi connectivity index (χ2v) is 8.73. The van der Waals surface area contributed by atoms with Gasteiger partial charge < -0.3 is 14.4 Å². The zero-order valence-corrected chi connectivity index (χ0v) is 17.7. The highest BCUT2D eigenvalue weighted by atomic mass is 32.2. The van der Waals surface area contributed by atoms with Crippen molar-refractivity contribution in [3.8, 4) is 17.2 Å². The van der Waals surface area contributed by atoms with E-state index in [0.717, 1.165) is 22.2 Å². The van der Waals surface area contributed by atoms with Gasteiger partial charge in [-0.1, -0.05) is 18.2 Å². The van der Waals surface area contributed by atoms with Gasteiger partial charge in [0, 0.05) is 11.1 Å². The monoisotopic (exact) mass is 422 g/mol. The first-order valence-electron chi connectivity index (χ1n) is 9.39. The largest absolute Gasteiger partial charge is 0.506 e. The van der Waals surface area contributed by atoms with Crippen LogP contribution < -0.4 is 9.46 Å². The highest BCUT2D eigenvalue weighted by Gasteiger charge is 2.18. The Bertz CT molecular complexity index is 1340. The zero-order valence-electron chi connectivity index (χ0n) is 16.9. The van der Waals surface area contributed by atoms with E-state index in [-0.39, 0.29) is 10.6 Å². The molecule has 0 bridgehead atoms. The number of para-hydroxylation sites is 1. The quantitative estimate of drug-likeness (QED) is 0.454. The van der Waals surface area contributed by atoms with Crippen molar-refractivity contribution in [2.45, 2.75) is 18.7 Å². The Labute approximate surface area is 175 Å². The van der Waals surface area contributed by atoms with E-state index in [1.807, 2.05) is 42.7 Å². The lowest BCUT2D eigenvalue weighted by Crippen LogP contribution is -2.13. The number of nitrogens with zero attached hydrogens (tertiary/aromatic N) is 1. The van der Waals surface area contributed by atoms with Crippen molar-refractivity contribution < 1.29 is 18.3 Å². The van der Waals surface area contributed by atoms with E-state index in [2.05, 4.69) is 4.72 Å². The molecule has 1 heterocycles. The smallest absolute Gasteiger partial charge is 0.261 e. The van der Waals surface area contributed by atoms with Crippen molar-refractivity contribution in [1.29, 1.82) is 0 Å². The third-order valence-corrected chi connectivity index (χ3v) is 6.66. The van der Waals surface area contributed by atoms with Gasteiger partial charge >= 0.3 is 0 Å². The number of rotatable bonds is 5. The number of phenolic OH excluding ortho intramolecular Hbond substituents is 1. The number of fused-ring (bicyclic) bond motifs is 1. The maximum atomic E-state index is 12.8. The van der Waals surface area contributed by atoms with E-state index in [0.29, 0.717) is 17.1 Å². The number of ether oxygens (including phenoxy) is 1. The second-order valence-electron chi connectivity index (χ2n) is 7.05. The molecule has 0 aliphatic carbocycles. The molecule has 0 radical (unpaired) electrons. The van der Waals surface area contributed by atoms with Crippen LogP contribution >= 0.6 is 0 Å². The van der Waals surface area contributed by atoms with Crippen molar-refractivity contribution in [2.75, 3.05) is 11.8 Å². The third kappa shape index (κ3) is 3.37. The molecule has 2 N–H and O–H groups in total. The first kappa shape index (κ1) is 19.8. The summed E-state index contributed by atoms with van der Waals surface area (Å²) >= 11 is 0. The van der Waals surface area contributed by atoms with Crippen LogP contribution in [0.25, 0.3) is 16.6 Å². The maximum Gasteiger partial charge on any atom is 0.261 e. The Morgan fingerprint density at radius 2 is 1.67 bits per heavy atom. The summed E-state index contributed by atoms with van der Waals surface area (Å²) in [5.41, 5.74) is 3.88. The minimum absolute atomic E-state index is 0.0613. The Kier molecular flexibility index (Phi) is 4.91. The summed E-state index contributed by atoms with van der Waals surface area (Å²) in [5.74, 6) is 0.637. The molecular formula is C23H22N2O4S. The van der Waals surface area contributed by atoms with Gasteiger partial charge in [0.1, 0.15) is 11.5 Å². The van der Waals surface area contributed by atoms with E-state index in [4.69, 9.17) is 4.74 Å². The Morgan fingerprint density at radius 3 is 2.37 bits per heavy atom. The molecule has 0 saturated heterocycles. The fourth-order valence-corrected chi connectivity index (χ4v) is 4.62. The van der Waals surface area contributed by atoms with Crippen LogP contribution in [0, 0.1) is 13.8 Å². The second kappa shape index (κ2) is 7.42. The predicted molar refractivity (Wildman–Crippen MR) is 118 cm³/mol. The van der Waals surface area contributed by atoms with Crippen LogP contribution in [-0.2, 0) is 10.0 Å². The van der Waals surface area contributed by atoms with Crippen LogP contribution in [0.2, 0.25) is 0 Å². The molecule has 0 aliphatic heterocycles. The normalized spacial score (nSPS) is 11.6. The number of phenols is 1. The minimum atomic E-state index is -3.79. The van der Waals surface area contributed by atoms with Crippen LogP contribution in [0.4, 0.5) is 5.69 Å². The lowest BCUT2D eigenvalue weighted by atomic mass is 10.2. The van der Waals surface area contributed by atoms with Crippen molar-refractivity contribution in [1.82, 2.24) is 4.57 Å². The first-order valence-corrected chi connectivity index (χ1v) is 10.9. The van der Waals surface area contributed by atoms with Gasteiger partial charge in [-0.3, -0.25) is 4.72 Å². The molecule has 0 fully saturated rings. The fraction of sp³-hybridized carbons (Fsp3) is 0.130. The first-order chi connectivity index (χ1) is 14.3. The number of hydrogen-bond acceptors (Lipinski definition) is 4. The SMILES string of the molecule is COc1ccc(S(=O)(=O)Nc2ccc(O)c(-n3c(C)c(C)c4ccccc43)c2)cc1.